The van der Waals surface area contributed by atoms with Crippen LogP contribution in [0.15, 0.2) is 17.0 Å². The third-order valence-corrected chi connectivity index (χ3v) is 5.33. The van der Waals surface area contributed by atoms with Crippen molar-refractivity contribution < 1.29 is 17.2 Å². The molecule has 1 aliphatic carbocycles. The maximum atomic E-state index is 13.7. The summed E-state index contributed by atoms with van der Waals surface area (Å²) in [5.74, 6) is -1.60. The normalized spacial score (nSPS) is 22.8. The lowest BCUT2D eigenvalue weighted by atomic mass is 10.3. The fourth-order valence-corrected chi connectivity index (χ4v) is 3.37. The van der Waals surface area contributed by atoms with Gasteiger partial charge in [0.25, 0.3) is 0 Å². The van der Waals surface area contributed by atoms with Gasteiger partial charge in [0.05, 0.1) is 0 Å². The largest absolute Gasteiger partial charge is 0.399 e. The molecule has 0 spiro atoms. The number of nitrogens with two attached hydrogens (primary N) is 1. The van der Waals surface area contributed by atoms with Crippen molar-refractivity contribution in [2.45, 2.75) is 18.2 Å². The number of rotatable bonds is 4. The Kier molecular flexibility index (Phi) is 3.53. The Morgan fingerprint density at radius 3 is 2.26 bits per heavy atom. The van der Waals surface area contributed by atoms with Crippen molar-refractivity contribution in [2.75, 3.05) is 19.3 Å². The van der Waals surface area contributed by atoms with E-state index in [4.69, 9.17) is 5.73 Å². The monoisotopic (exact) mass is 290 g/mol. The number of hydrogen-bond donors (Lipinski definition) is 1. The first-order valence-corrected chi connectivity index (χ1v) is 7.38. The van der Waals surface area contributed by atoms with Crippen LogP contribution in [0.5, 0.6) is 0 Å². The molecule has 7 heteroatoms. The molecule has 2 unspecified atom stereocenters. The fraction of sp³-hybridized carbons (Fsp3) is 0.500. The molecule has 2 N–H and O–H groups in total. The second-order valence-corrected chi connectivity index (χ2v) is 7.05. The van der Waals surface area contributed by atoms with Crippen LogP contribution in [0.3, 0.4) is 0 Å². The molecule has 106 valence electrons. The second-order valence-electron chi connectivity index (χ2n) is 5.07. The zero-order chi connectivity index (χ0) is 14.4. The summed E-state index contributed by atoms with van der Waals surface area (Å²) in [6.45, 7) is 2.28. The molecule has 19 heavy (non-hydrogen) atoms. The maximum absolute atomic E-state index is 13.7. The summed E-state index contributed by atoms with van der Waals surface area (Å²) in [7, 11) is -2.84. The van der Waals surface area contributed by atoms with Crippen molar-refractivity contribution in [2.24, 2.45) is 11.8 Å². The molecule has 0 radical (unpaired) electrons. The minimum absolute atomic E-state index is 0.146. The molecule has 2 atom stereocenters. The number of hydrogen-bond acceptors (Lipinski definition) is 3. The van der Waals surface area contributed by atoms with Crippen LogP contribution in [0.2, 0.25) is 0 Å². The van der Waals surface area contributed by atoms with Crippen LogP contribution in [0, 0.1) is 23.5 Å². The van der Waals surface area contributed by atoms with Crippen molar-refractivity contribution in [3.8, 4) is 0 Å². The summed E-state index contributed by atoms with van der Waals surface area (Å²) in [6, 6.07) is 1.62. The number of halogens is 2. The van der Waals surface area contributed by atoms with Crippen molar-refractivity contribution >= 4 is 15.7 Å². The van der Waals surface area contributed by atoms with Gasteiger partial charge in [-0.25, -0.2) is 21.5 Å². The first-order chi connectivity index (χ1) is 8.73. The molecular formula is C12H16F2N2O2S. The average Bonchev–Trinajstić information content (AvgIpc) is 2.91. The molecule has 2 rings (SSSR count). The Bertz CT molecular complexity index is 581. The zero-order valence-electron chi connectivity index (χ0n) is 10.7. The first kappa shape index (κ1) is 14.2. The number of anilines is 1. The maximum Gasteiger partial charge on any atom is 0.248 e. The van der Waals surface area contributed by atoms with Gasteiger partial charge in [-0.1, -0.05) is 6.92 Å². The van der Waals surface area contributed by atoms with Gasteiger partial charge >= 0.3 is 0 Å². The van der Waals surface area contributed by atoms with Crippen LogP contribution in [0.25, 0.3) is 0 Å². The molecule has 1 aromatic rings. The van der Waals surface area contributed by atoms with E-state index >= 15 is 0 Å². The smallest absolute Gasteiger partial charge is 0.248 e. The summed E-state index contributed by atoms with van der Waals surface area (Å²) in [5.41, 5.74) is 5.12. The van der Waals surface area contributed by atoms with Crippen LogP contribution < -0.4 is 5.73 Å². The molecule has 0 amide bonds. The summed E-state index contributed by atoms with van der Waals surface area (Å²) < 4.78 is 52.7. The lowest BCUT2D eigenvalue weighted by molar-refractivity contribution is 0.432. The van der Waals surface area contributed by atoms with Gasteiger partial charge in [0, 0.05) is 19.3 Å². The Hall–Kier alpha value is -1.21. The van der Waals surface area contributed by atoms with E-state index in [9.17, 15) is 17.2 Å². The average molecular weight is 290 g/mol. The van der Waals surface area contributed by atoms with Crippen LogP contribution in [0.4, 0.5) is 14.5 Å². The molecule has 0 bridgehead atoms. The van der Waals surface area contributed by atoms with E-state index in [1.807, 2.05) is 6.92 Å². The molecule has 1 aliphatic rings. The first-order valence-electron chi connectivity index (χ1n) is 5.94. The van der Waals surface area contributed by atoms with Crippen molar-refractivity contribution in [1.82, 2.24) is 4.31 Å². The number of nitrogen functional groups attached to an aromatic ring is 1. The predicted octanol–water partition coefficient (Wildman–Crippen LogP) is 1.82. The van der Waals surface area contributed by atoms with Gasteiger partial charge in [-0.3, -0.25) is 0 Å². The third-order valence-electron chi connectivity index (χ3n) is 3.46. The molecule has 0 heterocycles. The van der Waals surface area contributed by atoms with Gasteiger partial charge in [0.2, 0.25) is 10.0 Å². The molecule has 0 saturated heterocycles. The molecule has 0 aliphatic heterocycles. The van der Waals surface area contributed by atoms with Crippen LogP contribution in [-0.2, 0) is 10.0 Å². The lowest BCUT2D eigenvalue weighted by Crippen LogP contribution is -2.30. The van der Waals surface area contributed by atoms with Gasteiger partial charge in [0.15, 0.2) is 4.90 Å². The topological polar surface area (TPSA) is 63.4 Å². The molecule has 1 saturated carbocycles. The summed E-state index contributed by atoms with van der Waals surface area (Å²) >= 11 is 0. The quantitative estimate of drug-likeness (QED) is 0.860. The highest BCUT2D eigenvalue weighted by Gasteiger charge is 2.37. The minimum Gasteiger partial charge on any atom is -0.399 e. The Balaban J connectivity index is 2.33. The third kappa shape index (κ3) is 2.71. The Labute approximate surface area is 111 Å². The SMILES string of the molecule is CC1CC1CN(C)S(=O)(=O)c1c(F)cc(N)cc1F. The van der Waals surface area contributed by atoms with Crippen molar-refractivity contribution in [3.63, 3.8) is 0 Å². The van der Waals surface area contributed by atoms with Gasteiger partial charge in [0.1, 0.15) is 11.6 Å². The molecule has 0 aromatic heterocycles. The van der Waals surface area contributed by atoms with E-state index in [1.54, 1.807) is 0 Å². The summed E-state index contributed by atoms with van der Waals surface area (Å²) in [4.78, 5) is -0.933. The standard InChI is InChI=1S/C12H16F2N2O2S/c1-7-3-8(7)6-16(2)19(17,18)12-10(13)4-9(15)5-11(12)14/h4-5,7-8H,3,6,15H2,1-2H3. The van der Waals surface area contributed by atoms with E-state index in [0.717, 1.165) is 22.9 Å². The number of sulfonamides is 1. The second kappa shape index (κ2) is 4.72. The van der Waals surface area contributed by atoms with Gasteiger partial charge in [-0.05, 0) is 30.4 Å². The van der Waals surface area contributed by atoms with E-state index in [1.165, 1.54) is 7.05 Å². The van der Waals surface area contributed by atoms with E-state index in [-0.39, 0.29) is 18.2 Å². The molecular weight excluding hydrogens is 274 g/mol. The summed E-state index contributed by atoms with van der Waals surface area (Å²) in [6.07, 6.45) is 0.937. The Morgan fingerprint density at radius 2 is 1.84 bits per heavy atom. The van der Waals surface area contributed by atoms with Crippen LogP contribution >= 0.6 is 0 Å². The Morgan fingerprint density at radius 1 is 1.37 bits per heavy atom. The van der Waals surface area contributed by atoms with Crippen LogP contribution in [-0.4, -0.2) is 26.3 Å². The predicted molar refractivity (Wildman–Crippen MR) is 67.9 cm³/mol. The highest BCUT2D eigenvalue weighted by atomic mass is 32.2. The van der Waals surface area contributed by atoms with Gasteiger partial charge in [-0.15, -0.1) is 0 Å². The highest BCUT2D eigenvalue weighted by molar-refractivity contribution is 7.89. The fourth-order valence-electron chi connectivity index (χ4n) is 2.06. The number of nitrogens with zero attached hydrogens (tertiary/aromatic N) is 1. The van der Waals surface area contributed by atoms with Crippen LogP contribution in [0.1, 0.15) is 13.3 Å². The van der Waals surface area contributed by atoms with E-state index < -0.39 is 26.6 Å². The van der Waals surface area contributed by atoms with Crippen molar-refractivity contribution in [1.29, 1.82) is 0 Å². The zero-order valence-corrected chi connectivity index (χ0v) is 11.5. The summed E-state index contributed by atoms with van der Waals surface area (Å²) in [5, 5.41) is 0. The molecule has 1 fully saturated rings. The lowest BCUT2D eigenvalue weighted by Gasteiger charge is -2.18. The molecule has 1 aromatic carbocycles. The van der Waals surface area contributed by atoms with E-state index in [2.05, 4.69) is 0 Å². The van der Waals surface area contributed by atoms with Crippen molar-refractivity contribution in [3.05, 3.63) is 23.8 Å². The minimum atomic E-state index is -4.17. The van der Waals surface area contributed by atoms with Gasteiger partial charge < -0.3 is 5.73 Å². The highest BCUT2D eigenvalue weighted by Crippen LogP contribution is 2.39. The van der Waals surface area contributed by atoms with Gasteiger partial charge in [-0.2, -0.15) is 0 Å². The number of benzene rings is 1. The van der Waals surface area contributed by atoms with E-state index in [0.29, 0.717) is 5.92 Å². The molecule has 4 nitrogen and oxygen atoms in total.